The Hall–Kier alpha value is -2.17. The summed E-state index contributed by atoms with van der Waals surface area (Å²) in [4.78, 5) is 11.1. The van der Waals surface area contributed by atoms with Crippen molar-refractivity contribution in [2.24, 2.45) is 10.2 Å². The van der Waals surface area contributed by atoms with Crippen molar-refractivity contribution in [3.8, 4) is 5.75 Å². The van der Waals surface area contributed by atoms with Gasteiger partial charge in [0.15, 0.2) is 11.5 Å². The Balaban J connectivity index is 2.89. The van der Waals surface area contributed by atoms with Crippen molar-refractivity contribution in [2.75, 3.05) is 7.11 Å². The van der Waals surface area contributed by atoms with Crippen LogP contribution in [0.5, 0.6) is 5.75 Å². The first-order valence-electron chi connectivity index (χ1n) is 5.01. The van der Waals surface area contributed by atoms with Gasteiger partial charge in [-0.25, -0.2) is 0 Å². The van der Waals surface area contributed by atoms with Gasteiger partial charge < -0.3 is 9.84 Å². The van der Waals surface area contributed by atoms with Crippen molar-refractivity contribution in [1.82, 2.24) is 0 Å². The number of ether oxygens (including phenoxy) is 1. The number of rotatable bonds is 4. The number of hydrogen-bond donors (Lipinski definition) is 1. The average molecular weight is 234 g/mol. The first-order valence-corrected chi connectivity index (χ1v) is 5.01. The molecule has 1 rings (SSSR count). The Kier molecular flexibility index (Phi) is 4.39. The van der Waals surface area contributed by atoms with Crippen LogP contribution in [-0.4, -0.2) is 18.0 Å². The summed E-state index contributed by atoms with van der Waals surface area (Å²) >= 11 is 0. The molecule has 1 aromatic carbocycles. The molecule has 0 aliphatic carbocycles. The molecule has 5 heteroatoms. The number of aliphatic hydroxyl groups is 1. The summed E-state index contributed by atoms with van der Waals surface area (Å²) in [6, 6.07) is 6.87. The maximum Gasteiger partial charge on any atom is 0.183 e. The lowest BCUT2D eigenvalue weighted by molar-refractivity contribution is -0.113. The van der Waals surface area contributed by atoms with Crippen LogP contribution < -0.4 is 4.74 Å². The molecule has 17 heavy (non-hydrogen) atoms. The molecular weight excluding hydrogens is 220 g/mol. The number of carbonyl (C=O) groups excluding carboxylic acids is 1. The molecule has 0 atom stereocenters. The monoisotopic (exact) mass is 234 g/mol. The molecule has 0 heterocycles. The predicted molar refractivity (Wildman–Crippen MR) is 63.5 cm³/mol. The van der Waals surface area contributed by atoms with E-state index in [2.05, 4.69) is 10.2 Å². The number of allylic oxidation sites excluding steroid dienone is 2. The van der Waals surface area contributed by atoms with Crippen molar-refractivity contribution in [1.29, 1.82) is 0 Å². The Morgan fingerprint density at radius 3 is 2.24 bits per heavy atom. The first-order chi connectivity index (χ1) is 8.04. The van der Waals surface area contributed by atoms with E-state index < -0.39 is 0 Å². The highest BCUT2D eigenvalue weighted by Crippen LogP contribution is 2.19. The van der Waals surface area contributed by atoms with Crippen molar-refractivity contribution >= 4 is 11.5 Å². The summed E-state index contributed by atoms with van der Waals surface area (Å²) < 4.78 is 5.00. The van der Waals surface area contributed by atoms with Gasteiger partial charge >= 0.3 is 0 Å². The fourth-order valence-electron chi connectivity index (χ4n) is 1.15. The van der Waals surface area contributed by atoms with Crippen LogP contribution >= 0.6 is 0 Å². The van der Waals surface area contributed by atoms with Crippen molar-refractivity contribution in [3.63, 3.8) is 0 Å². The Bertz CT molecular complexity index is 457. The molecule has 0 saturated heterocycles. The summed E-state index contributed by atoms with van der Waals surface area (Å²) in [6.07, 6.45) is 0. The Morgan fingerprint density at radius 2 is 1.82 bits per heavy atom. The van der Waals surface area contributed by atoms with E-state index in [0.29, 0.717) is 11.4 Å². The molecule has 1 N–H and O–H groups in total. The third-order valence-electron chi connectivity index (χ3n) is 2.01. The lowest BCUT2D eigenvalue weighted by Crippen LogP contribution is -1.96. The van der Waals surface area contributed by atoms with E-state index in [9.17, 15) is 9.90 Å². The number of hydrogen-bond acceptors (Lipinski definition) is 5. The number of nitrogens with zero attached hydrogens (tertiary/aromatic N) is 2. The number of azo groups is 1. The maximum atomic E-state index is 11.1. The summed E-state index contributed by atoms with van der Waals surface area (Å²) in [5, 5.41) is 16.8. The first kappa shape index (κ1) is 12.9. The van der Waals surface area contributed by atoms with E-state index in [1.54, 1.807) is 31.4 Å². The van der Waals surface area contributed by atoms with E-state index in [0.717, 1.165) is 0 Å². The smallest absolute Gasteiger partial charge is 0.183 e. The normalized spacial score (nSPS) is 12.4. The number of Topliss-reactive ketones (excluding diaryl/α,β-unsaturated/α-hetero) is 1. The molecule has 90 valence electrons. The summed E-state index contributed by atoms with van der Waals surface area (Å²) in [7, 11) is 1.57. The molecule has 0 unspecified atom stereocenters. The molecule has 0 amide bonds. The fourth-order valence-corrected chi connectivity index (χ4v) is 1.15. The van der Waals surface area contributed by atoms with Gasteiger partial charge in [0, 0.05) is 6.92 Å². The van der Waals surface area contributed by atoms with E-state index in [1.165, 1.54) is 13.8 Å². The molecule has 0 radical (unpaired) electrons. The van der Waals surface area contributed by atoms with Crippen LogP contribution in [0.25, 0.3) is 0 Å². The van der Waals surface area contributed by atoms with Crippen molar-refractivity contribution in [2.45, 2.75) is 13.8 Å². The average Bonchev–Trinajstić information content (AvgIpc) is 2.29. The molecule has 0 aliphatic heterocycles. The maximum absolute atomic E-state index is 11.1. The zero-order chi connectivity index (χ0) is 12.8. The molecule has 0 spiro atoms. The predicted octanol–water partition coefficient (Wildman–Crippen LogP) is 3.16. The van der Waals surface area contributed by atoms with E-state index >= 15 is 0 Å². The lowest BCUT2D eigenvalue weighted by Gasteiger charge is -1.99. The minimum absolute atomic E-state index is 0.0409. The van der Waals surface area contributed by atoms with Gasteiger partial charge in [0.1, 0.15) is 11.5 Å². The summed E-state index contributed by atoms with van der Waals surface area (Å²) in [5.41, 5.74) is 0.534. The third-order valence-corrected chi connectivity index (χ3v) is 2.01. The highest BCUT2D eigenvalue weighted by Gasteiger charge is 2.06. The molecule has 0 saturated carbocycles. The highest BCUT2D eigenvalue weighted by molar-refractivity contribution is 5.93. The van der Waals surface area contributed by atoms with Crippen LogP contribution in [0.4, 0.5) is 5.69 Å². The van der Waals surface area contributed by atoms with Gasteiger partial charge in [-0.2, -0.15) is 5.11 Å². The van der Waals surface area contributed by atoms with Crippen LogP contribution in [0.1, 0.15) is 13.8 Å². The van der Waals surface area contributed by atoms with Crippen LogP contribution in [0.15, 0.2) is 46.0 Å². The van der Waals surface area contributed by atoms with Crippen molar-refractivity contribution < 1.29 is 14.6 Å². The number of benzene rings is 1. The van der Waals surface area contributed by atoms with Gasteiger partial charge in [-0.3, -0.25) is 4.79 Å². The SMILES string of the molecule is COc1ccc(N=N/C(C(C)=O)=C(/C)O)cc1. The summed E-state index contributed by atoms with van der Waals surface area (Å²) in [5.74, 6) is 0.238. The molecule has 5 nitrogen and oxygen atoms in total. The van der Waals surface area contributed by atoms with Crippen LogP contribution in [-0.2, 0) is 4.79 Å². The van der Waals surface area contributed by atoms with Gasteiger partial charge in [0.2, 0.25) is 0 Å². The second-order valence-electron chi connectivity index (χ2n) is 3.39. The van der Waals surface area contributed by atoms with E-state index in [-0.39, 0.29) is 17.2 Å². The van der Waals surface area contributed by atoms with Crippen LogP contribution in [0.2, 0.25) is 0 Å². The quantitative estimate of drug-likeness (QED) is 0.494. The number of ketones is 1. The van der Waals surface area contributed by atoms with E-state index in [4.69, 9.17) is 4.74 Å². The largest absolute Gasteiger partial charge is 0.510 e. The van der Waals surface area contributed by atoms with Crippen LogP contribution in [0, 0.1) is 0 Å². The molecule has 0 aromatic heterocycles. The molecule has 0 bridgehead atoms. The second-order valence-corrected chi connectivity index (χ2v) is 3.39. The van der Waals surface area contributed by atoms with Gasteiger partial charge in [0.05, 0.1) is 12.8 Å². The Labute approximate surface area is 99.4 Å². The second kappa shape index (κ2) is 5.79. The Morgan fingerprint density at radius 1 is 1.24 bits per heavy atom. The lowest BCUT2D eigenvalue weighted by atomic mass is 10.3. The third kappa shape index (κ3) is 3.71. The number of carbonyl (C=O) groups is 1. The van der Waals surface area contributed by atoms with Gasteiger partial charge in [-0.05, 0) is 31.2 Å². The molecule has 0 fully saturated rings. The number of methoxy groups -OCH3 is 1. The molecule has 1 aromatic rings. The van der Waals surface area contributed by atoms with Gasteiger partial charge in [-0.15, -0.1) is 5.11 Å². The fraction of sp³-hybridized carbons (Fsp3) is 0.250. The zero-order valence-corrected chi connectivity index (χ0v) is 9.97. The molecular formula is C12H14N2O3. The highest BCUT2D eigenvalue weighted by atomic mass is 16.5. The topological polar surface area (TPSA) is 71.2 Å². The standard InChI is InChI=1S/C12H14N2O3/c1-8(15)12(9(2)16)14-13-10-4-6-11(17-3)7-5-10/h4-7,15H,1-3H3/b12-8-,14-13?. The minimum atomic E-state index is -0.331. The zero-order valence-electron chi connectivity index (χ0n) is 9.97. The van der Waals surface area contributed by atoms with E-state index in [1.807, 2.05) is 0 Å². The minimum Gasteiger partial charge on any atom is -0.510 e. The number of aliphatic hydroxyl groups excluding tert-OH is 1. The molecule has 0 aliphatic rings. The van der Waals surface area contributed by atoms with Crippen LogP contribution in [0.3, 0.4) is 0 Å². The summed E-state index contributed by atoms with van der Waals surface area (Å²) in [6.45, 7) is 2.71. The van der Waals surface area contributed by atoms with Gasteiger partial charge in [0.25, 0.3) is 0 Å². The van der Waals surface area contributed by atoms with Gasteiger partial charge in [-0.1, -0.05) is 0 Å². The van der Waals surface area contributed by atoms with Crippen molar-refractivity contribution in [3.05, 3.63) is 35.7 Å².